The number of fused-ring (bicyclic) bond motifs is 1. The Balaban J connectivity index is 1.93. The van der Waals surface area contributed by atoms with Gasteiger partial charge in [0.2, 0.25) is 0 Å². The van der Waals surface area contributed by atoms with E-state index < -0.39 is 0 Å². The Morgan fingerprint density at radius 2 is 2.25 bits per heavy atom. The topological polar surface area (TPSA) is 55.1 Å². The van der Waals surface area contributed by atoms with Crippen LogP contribution in [-0.2, 0) is 0 Å². The number of rotatable bonds is 3. The average Bonchev–Trinajstić information content (AvgIpc) is 2.71. The molecule has 106 valence electrons. The number of nitrogens with one attached hydrogen (secondary N) is 1. The van der Waals surface area contributed by atoms with Gasteiger partial charge < -0.3 is 11.1 Å². The number of hydrogen-bond acceptors (Lipinski definition) is 3. The summed E-state index contributed by atoms with van der Waals surface area (Å²) in [5.41, 5.74) is 6.64. The maximum Gasteiger partial charge on any atom is 0.263 e. The molecule has 0 bridgehead atoms. The number of carbonyl (C=O) groups is 1. The summed E-state index contributed by atoms with van der Waals surface area (Å²) < 4.78 is 0.996. The Morgan fingerprint density at radius 1 is 1.50 bits per heavy atom. The summed E-state index contributed by atoms with van der Waals surface area (Å²) in [6.45, 7) is 2.12. The Morgan fingerprint density at radius 3 is 2.85 bits per heavy atom. The van der Waals surface area contributed by atoms with Crippen LogP contribution in [0.4, 0.5) is 5.69 Å². The van der Waals surface area contributed by atoms with E-state index in [9.17, 15) is 4.79 Å². The van der Waals surface area contributed by atoms with Crippen molar-refractivity contribution in [1.82, 2.24) is 5.32 Å². The standard InChI is InChI=1S/C15H17ClN2OS/c1-2-15(6-3-7-15)18-14(19)13-12(17)10-8-9(16)4-5-11(10)20-13/h4-5,8H,2-3,6-7,17H2,1H3,(H,18,19). The molecule has 1 aromatic heterocycles. The van der Waals surface area contributed by atoms with Crippen molar-refractivity contribution in [3.63, 3.8) is 0 Å². The highest BCUT2D eigenvalue weighted by Gasteiger charge is 2.37. The first-order valence-corrected chi connectivity index (χ1v) is 8.04. The quantitative estimate of drug-likeness (QED) is 0.893. The van der Waals surface area contributed by atoms with Crippen LogP contribution < -0.4 is 11.1 Å². The Bertz CT molecular complexity index is 670. The van der Waals surface area contributed by atoms with Crippen molar-refractivity contribution in [2.45, 2.75) is 38.1 Å². The minimum absolute atomic E-state index is 0.0165. The predicted octanol–water partition coefficient (Wildman–Crippen LogP) is 4.20. The molecule has 3 N–H and O–H groups in total. The van der Waals surface area contributed by atoms with Crippen molar-refractivity contribution < 1.29 is 4.79 Å². The molecule has 1 amide bonds. The fourth-order valence-corrected chi connectivity index (χ4v) is 3.90. The van der Waals surface area contributed by atoms with E-state index in [1.54, 1.807) is 0 Å². The van der Waals surface area contributed by atoms with Crippen molar-refractivity contribution >= 4 is 44.6 Å². The molecule has 2 aromatic rings. The number of nitrogen functional groups attached to an aromatic ring is 1. The summed E-state index contributed by atoms with van der Waals surface area (Å²) in [5, 5.41) is 4.68. The van der Waals surface area contributed by atoms with E-state index in [1.807, 2.05) is 18.2 Å². The number of halogens is 1. The van der Waals surface area contributed by atoms with E-state index in [0.717, 1.165) is 29.3 Å². The first-order valence-electron chi connectivity index (χ1n) is 6.85. The zero-order valence-electron chi connectivity index (χ0n) is 11.3. The molecule has 3 nitrogen and oxygen atoms in total. The molecule has 1 aromatic carbocycles. The number of carbonyl (C=O) groups excluding carboxylic acids is 1. The fraction of sp³-hybridized carbons (Fsp3) is 0.400. The van der Waals surface area contributed by atoms with E-state index in [0.29, 0.717) is 15.6 Å². The molecule has 1 saturated carbocycles. The second-order valence-electron chi connectivity index (χ2n) is 5.43. The van der Waals surface area contributed by atoms with E-state index >= 15 is 0 Å². The van der Waals surface area contributed by atoms with Gasteiger partial charge in [-0.2, -0.15) is 0 Å². The van der Waals surface area contributed by atoms with Gasteiger partial charge in [0.15, 0.2) is 0 Å². The molecule has 1 aliphatic carbocycles. The van der Waals surface area contributed by atoms with Crippen molar-refractivity contribution in [1.29, 1.82) is 0 Å². The van der Waals surface area contributed by atoms with Crippen LogP contribution in [0.2, 0.25) is 5.02 Å². The number of anilines is 1. The first kappa shape index (κ1) is 13.7. The molecular formula is C15H17ClN2OS. The lowest BCUT2D eigenvalue weighted by atomic mass is 9.75. The lowest BCUT2D eigenvalue weighted by Crippen LogP contribution is -2.52. The molecule has 0 saturated heterocycles. The van der Waals surface area contributed by atoms with Crippen molar-refractivity contribution in [3.8, 4) is 0 Å². The molecule has 0 unspecified atom stereocenters. The molecule has 1 aliphatic rings. The van der Waals surface area contributed by atoms with E-state index in [2.05, 4.69) is 12.2 Å². The largest absolute Gasteiger partial charge is 0.397 e. The van der Waals surface area contributed by atoms with Crippen LogP contribution in [-0.4, -0.2) is 11.4 Å². The summed E-state index contributed by atoms with van der Waals surface area (Å²) in [4.78, 5) is 13.1. The summed E-state index contributed by atoms with van der Waals surface area (Å²) in [6, 6.07) is 5.55. The third kappa shape index (κ3) is 2.17. The van der Waals surface area contributed by atoms with Crippen molar-refractivity contribution in [2.75, 3.05) is 5.73 Å². The highest BCUT2D eigenvalue weighted by Crippen LogP contribution is 2.38. The van der Waals surface area contributed by atoms with E-state index in [4.69, 9.17) is 17.3 Å². The maximum atomic E-state index is 12.5. The second-order valence-corrected chi connectivity index (χ2v) is 6.92. The summed E-state index contributed by atoms with van der Waals surface area (Å²) in [5.74, 6) is -0.0543. The van der Waals surface area contributed by atoms with Crippen LogP contribution >= 0.6 is 22.9 Å². The summed E-state index contributed by atoms with van der Waals surface area (Å²) in [6.07, 6.45) is 4.28. The molecule has 0 radical (unpaired) electrons. The predicted molar refractivity (Wildman–Crippen MR) is 85.6 cm³/mol. The molecule has 20 heavy (non-hydrogen) atoms. The smallest absolute Gasteiger partial charge is 0.263 e. The van der Waals surface area contributed by atoms with Crippen LogP contribution in [0.1, 0.15) is 42.3 Å². The normalized spacial score (nSPS) is 16.9. The van der Waals surface area contributed by atoms with E-state index in [1.165, 1.54) is 17.8 Å². The molecule has 5 heteroatoms. The van der Waals surface area contributed by atoms with Gasteiger partial charge in [-0.3, -0.25) is 4.79 Å². The van der Waals surface area contributed by atoms with Crippen LogP contribution in [0.5, 0.6) is 0 Å². The monoisotopic (exact) mass is 308 g/mol. The number of thiophene rings is 1. The molecule has 1 fully saturated rings. The minimum Gasteiger partial charge on any atom is -0.397 e. The molecular weight excluding hydrogens is 292 g/mol. The van der Waals surface area contributed by atoms with E-state index in [-0.39, 0.29) is 11.4 Å². The van der Waals surface area contributed by atoms with Gasteiger partial charge in [0.1, 0.15) is 4.88 Å². The third-order valence-corrected chi connectivity index (χ3v) is 5.68. The number of nitrogens with two attached hydrogens (primary N) is 1. The van der Waals surface area contributed by atoms with Crippen molar-refractivity contribution in [3.05, 3.63) is 28.1 Å². The zero-order valence-corrected chi connectivity index (χ0v) is 12.9. The fourth-order valence-electron chi connectivity index (χ4n) is 2.73. The molecule has 1 heterocycles. The number of hydrogen-bond donors (Lipinski definition) is 2. The highest BCUT2D eigenvalue weighted by atomic mass is 35.5. The van der Waals surface area contributed by atoms with Crippen molar-refractivity contribution in [2.24, 2.45) is 0 Å². The molecule has 3 rings (SSSR count). The molecule has 0 aliphatic heterocycles. The molecule has 0 atom stereocenters. The van der Waals surface area contributed by atoms with Crippen LogP contribution in [0.15, 0.2) is 18.2 Å². The third-order valence-electron chi connectivity index (χ3n) is 4.26. The van der Waals surface area contributed by atoms with Gasteiger partial charge >= 0.3 is 0 Å². The van der Waals surface area contributed by atoms with Crippen LogP contribution in [0.25, 0.3) is 10.1 Å². The van der Waals surface area contributed by atoms with Gasteiger partial charge in [0, 0.05) is 20.6 Å². The Hall–Kier alpha value is -1.26. The SMILES string of the molecule is CCC1(NC(=O)c2sc3ccc(Cl)cc3c2N)CCC1. The molecule has 0 spiro atoms. The Labute approximate surface area is 127 Å². The van der Waals surface area contributed by atoms with Gasteiger partial charge in [-0.25, -0.2) is 0 Å². The number of benzene rings is 1. The van der Waals surface area contributed by atoms with Gasteiger partial charge in [-0.05, 0) is 43.9 Å². The first-order chi connectivity index (χ1) is 9.54. The number of amides is 1. The average molecular weight is 309 g/mol. The van der Waals surface area contributed by atoms with Crippen LogP contribution in [0, 0.1) is 0 Å². The van der Waals surface area contributed by atoms with Gasteiger partial charge in [0.25, 0.3) is 5.91 Å². The maximum absolute atomic E-state index is 12.5. The van der Waals surface area contributed by atoms with Crippen LogP contribution in [0.3, 0.4) is 0 Å². The van der Waals surface area contributed by atoms with Gasteiger partial charge in [-0.1, -0.05) is 18.5 Å². The zero-order chi connectivity index (χ0) is 14.3. The van der Waals surface area contributed by atoms with Gasteiger partial charge in [0.05, 0.1) is 5.69 Å². The minimum atomic E-state index is -0.0543. The summed E-state index contributed by atoms with van der Waals surface area (Å²) >= 11 is 7.42. The lowest BCUT2D eigenvalue weighted by molar-refractivity contribution is 0.0825. The Kier molecular flexibility index (Phi) is 3.38. The second kappa shape index (κ2) is 4.93. The summed E-state index contributed by atoms with van der Waals surface area (Å²) in [7, 11) is 0. The lowest BCUT2D eigenvalue weighted by Gasteiger charge is -2.41. The highest BCUT2D eigenvalue weighted by molar-refractivity contribution is 7.21. The van der Waals surface area contributed by atoms with Gasteiger partial charge in [-0.15, -0.1) is 11.3 Å².